The van der Waals surface area contributed by atoms with Crippen LogP contribution in [0.1, 0.15) is 38.3 Å². The molecule has 2 rings (SSSR count). The van der Waals surface area contributed by atoms with Crippen molar-refractivity contribution in [2.45, 2.75) is 51.5 Å². The first-order valence-electron chi connectivity index (χ1n) is 8.31. The molecule has 1 aromatic rings. The average Bonchev–Trinajstić information content (AvgIpc) is 2.96. The Morgan fingerprint density at radius 1 is 1.32 bits per heavy atom. The highest BCUT2D eigenvalue weighted by molar-refractivity contribution is 5.85. The number of ether oxygens (including phenoxy) is 2. The van der Waals surface area contributed by atoms with E-state index >= 15 is 0 Å². The lowest BCUT2D eigenvalue weighted by atomic mass is 10.1. The fraction of sp³-hybridized carbons (Fsp3) is 0.474. The fourth-order valence-corrected chi connectivity index (χ4v) is 2.67. The lowest BCUT2D eigenvalue weighted by molar-refractivity contribution is -0.122. The Morgan fingerprint density at radius 3 is 2.48 bits per heavy atom. The van der Waals surface area contributed by atoms with Crippen LogP contribution in [0.15, 0.2) is 30.8 Å². The van der Waals surface area contributed by atoms with Crippen molar-refractivity contribution in [3.8, 4) is 0 Å². The number of carbonyl (C=O) groups is 2. The number of likely N-dealkylation sites (tertiary alicyclic amines) is 1. The Hall–Kier alpha value is -2.34. The largest absolute Gasteiger partial charge is 0.444 e. The maximum absolute atomic E-state index is 12.3. The standard InChI is InChI=1S/C19H26N2O4/c1-5-13-6-8-14(9-7-13)12-24-15-10-16(17(20)22)21(11-15)18(23)25-19(2,3)4/h5-9,15-16H,1,10-12H2,2-4H3,(H2,20,22)/t15-,16+/m1/s1. The van der Waals surface area contributed by atoms with Crippen molar-refractivity contribution in [2.75, 3.05) is 6.54 Å². The van der Waals surface area contributed by atoms with Crippen LogP contribution < -0.4 is 5.73 Å². The third kappa shape index (κ3) is 5.32. The summed E-state index contributed by atoms with van der Waals surface area (Å²) in [6.45, 7) is 9.74. The highest BCUT2D eigenvalue weighted by Crippen LogP contribution is 2.24. The molecule has 0 unspecified atom stereocenters. The van der Waals surface area contributed by atoms with Crippen molar-refractivity contribution >= 4 is 18.1 Å². The van der Waals surface area contributed by atoms with Gasteiger partial charge in [0.15, 0.2) is 0 Å². The summed E-state index contributed by atoms with van der Waals surface area (Å²) in [5.74, 6) is -0.549. The number of amides is 2. The van der Waals surface area contributed by atoms with Crippen LogP contribution >= 0.6 is 0 Å². The number of benzene rings is 1. The smallest absolute Gasteiger partial charge is 0.411 e. The van der Waals surface area contributed by atoms with Crippen molar-refractivity contribution in [1.82, 2.24) is 4.90 Å². The molecule has 136 valence electrons. The third-order valence-corrected chi connectivity index (χ3v) is 3.92. The van der Waals surface area contributed by atoms with Gasteiger partial charge in [-0.2, -0.15) is 0 Å². The van der Waals surface area contributed by atoms with E-state index in [2.05, 4.69) is 6.58 Å². The van der Waals surface area contributed by atoms with Crippen molar-refractivity contribution in [1.29, 1.82) is 0 Å². The number of carbonyl (C=O) groups excluding carboxylic acids is 2. The van der Waals surface area contributed by atoms with Gasteiger partial charge in [-0.1, -0.05) is 36.9 Å². The second-order valence-electron chi connectivity index (χ2n) is 7.17. The molecule has 0 saturated carbocycles. The number of hydrogen-bond acceptors (Lipinski definition) is 4. The first-order valence-corrected chi connectivity index (χ1v) is 8.31. The molecule has 1 saturated heterocycles. The molecule has 0 aromatic heterocycles. The van der Waals surface area contributed by atoms with E-state index in [0.29, 0.717) is 13.0 Å². The first kappa shape index (κ1) is 19.0. The lowest BCUT2D eigenvalue weighted by Gasteiger charge is -2.27. The van der Waals surface area contributed by atoms with Crippen LogP contribution in [0.3, 0.4) is 0 Å². The second-order valence-corrected chi connectivity index (χ2v) is 7.17. The molecule has 1 fully saturated rings. The number of nitrogens with zero attached hydrogens (tertiary/aromatic N) is 1. The molecule has 0 aliphatic carbocycles. The van der Waals surface area contributed by atoms with Crippen LogP contribution in [0.4, 0.5) is 4.79 Å². The van der Waals surface area contributed by atoms with Crippen LogP contribution in [0, 0.1) is 0 Å². The zero-order chi connectivity index (χ0) is 18.6. The molecule has 2 N–H and O–H groups in total. The summed E-state index contributed by atoms with van der Waals surface area (Å²) < 4.78 is 11.2. The van der Waals surface area contributed by atoms with Crippen LogP contribution in [0.2, 0.25) is 0 Å². The van der Waals surface area contributed by atoms with Gasteiger partial charge in [0, 0.05) is 6.42 Å². The van der Waals surface area contributed by atoms with Crippen molar-refractivity contribution in [2.24, 2.45) is 5.73 Å². The highest BCUT2D eigenvalue weighted by atomic mass is 16.6. The Bertz CT molecular complexity index is 634. The molecular formula is C19H26N2O4. The molecule has 6 nitrogen and oxygen atoms in total. The van der Waals surface area contributed by atoms with Gasteiger partial charge in [0.2, 0.25) is 5.91 Å². The molecule has 0 spiro atoms. The summed E-state index contributed by atoms with van der Waals surface area (Å²) in [7, 11) is 0. The van der Waals surface area contributed by atoms with Crippen molar-refractivity contribution in [3.63, 3.8) is 0 Å². The van der Waals surface area contributed by atoms with E-state index in [1.54, 1.807) is 26.8 Å². The molecule has 2 amide bonds. The Kier molecular flexibility index (Phi) is 5.85. The van der Waals surface area contributed by atoms with Gasteiger partial charge in [-0.3, -0.25) is 9.69 Å². The average molecular weight is 346 g/mol. The Morgan fingerprint density at radius 2 is 1.96 bits per heavy atom. The van der Waals surface area contributed by atoms with Crippen molar-refractivity contribution < 1.29 is 19.1 Å². The number of primary amides is 1. The summed E-state index contributed by atoms with van der Waals surface area (Å²) >= 11 is 0. The van der Waals surface area contributed by atoms with Crippen LogP contribution in [0.25, 0.3) is 6.08 Å². The van der Waals surface area contributed by atoms with E-state index in [9.17, 15) is 9.59 Å². The SMILES string of the molecule is C=Cc1ccc(CO[C@@H]2C[C@@H](C(N)=O)N(C(=O)OC(C)(C)C)C2)cc1. The zero-order valence-electron chi connectivity index (χ0n) is 15.0. The molecule has 0 bridgehead atoms. The minimum atomic E-state index is -0.706. The van der Waals surface area contributed by atoms with E-state index in [1.165, 1.54) is 4.90 Å². The van der Waals surface area contributed by atoms with Gasteiger partial charge in [-0.25, -0.2) is 4.79 Å². The normalized spacial score (nSPS) is 20.4. The summed E-state index contributed by atoms with van der Waals surface area (Å²) in [6.07, 6.45) is 1.35. The maximum atomic E-state index is 12.3. The van der Waals surface area contributed by atoms with E-state index in [4.69, 9.17) is 15.2 Å². The molecule has 1 aliphatic heterocycles. The Balaban J connectivity index is 1.97. The maximum Gasteiger partial charge on any atom is 0.411 e. The predicted molar refractivity (Wildman–Crippen MR) is 95.6 cm³/mol. The third-order valence-electron chi connectivity index (χ3n) is 3.92. The van der Waals surface area contributed by atoms with E-state index in [1.807, 2.05) is 24.3 Å². The minimum absolute atomic E-state index is 0.260. The molecular weight excluding hydrogens is 320 g/mol. The van der Waals surface area contributed by atoms with Gasteiger partial charge in [0.1, 0.15) is 11.6 Å². The molecule has 0 radical (unpaired) electrons. The zero-order valence-corrected chi connectivity index (χ0v) is 15.0. The Labute approximate surface area is 148 Å². The highest BCUT2D eigenvalue weighted by Gasteiger charge is 2.41. The quantitative estimate of drug-likeness (QED) is 0.889. The molecule has 1 aromatic carbocycles. The molecule has 1 heterocycles. The second kappa shape index (κ2) is 7.70. The topological polar surface area (TPSA) is 81.9 Å². The first-order chi connectivity index (χ1) is 11.7. The molecule has 6 heteroatoms. The van der Waals surface area contributed by atoms with Gasteiger partial charge in [-0.05, 0) is 31.9 Å². The van der Waals surface area contributed by atoms with Crippen molar-refractivity contribution in [3.05, 3.63) is 42.0 Å². The number of nitrogens with two attached hydrogens (primary N) is 1. The van der Waals surface area contributed by atoms with Gasteiger partial charge in [0.25, 0.3) is 0 Å². The van der Waals surface area contributed by atoms with E-state index in [0.717, 1.165) is 11.1 Å². The summed E-state index contributed by atoms with van der Waals surface area (Å²) in [5.41, 5.74) is 6.85. The summed E-state index contributed by atoms with van der Waals surface area (Å²) in [6, 6.07) is 7.13. The number of hydrogen-bond donors (Lipinski definition) is 1. The van der Waals surface area contributed by atoms with Crippen LogP contribution in [-0.4, -0.2) is 41.2 Å². The molecule has 1 aliphatic rings. The van der Waals surface area contributed by atoms with Gasteiger partial charge in [-0.15, -0.1) is 0 Å². The summed E-state index contributed by atoms with van der Waals surface area (Å²) in [4.78, 5) is 25.3. The molecule has 25 heavy (non-hydrogen) atoms. The van der Waals surface area contributed by atoms with Gasteiger partial charge >= 0.3 is 6.09 Å². The minimum Gasteiger partial charge on any atom is -0.444 e. The van der Waals surface area contributed by atoms with E-state index < -0.39 is 23.6 Å². The molecule has 2 atom stereocenters. The summed E-state index contributed by atoms with van der Waals surface area (Å²) in [5, 5.41) is 0. The fourth-order valence-electron chi connectivity index (χ4n) is 2.67. The van der Waals surface area contributed by atoms with Crippen LogP contribution in [0.5, 0.6) is 0 Å². The van der Waals surface area contributed by atoms with Crippen LogP contribution in [-0.2, 0) is 20.9 Å². The monoisotopic (exact) mass is 346 g/mol. The number of rotatable bonds is 5. The predicted octanol–water partition coefficient (Wildman–Crippen LogP) is 2.71. The lowest BCUT2D eigenvalue weighted by Crippen LogP contribution is -2.45. The van der Waals surface area contributed by atoms with Gasteiger partial charge < -0.3 is 15.2 Å². The van der Waals surface area contributed by atoms with E-state index in [-0.39, 0.29) is 12.6 Å². The van der Waals surface area contributed by atoms with Gasteiger partial charge in [0.05, 0.1) is 19.3 Å².